The van der Waals surface area contributed by atoms with Crippen LogP contribution in [0.15, 0.2) is 97.1 Å². The quantitative estimate of drug-likeness (QED) is 0.152. The van der Waals surface area contributed by atoms with Gasteiger partial charge in [0, 0.05) is 16.7 Å². The standard InChI is InChI=1S/C32H26O8/c1-37-28(34)20-39-32-25(30(36)22-13-7-4-8-14-22)17-10-18-26(32)40-27(33)19-23-15-9-16-24(31(23)38-2)29(35)21-11-5-3-6-12-21/h3-18H,19-20H2,1-2H3. The van der Waals surface area contributed by atoms with Crippen LogP contribution in [0.1, 0.15) is 37.4 Å². The first kappa shape index (κ1) is 27.8. The normalized spacial score (nSPS) is 10.3. The van der Waals surface area contributed by atoms with E-state index in [-0.39, 0.29) is 40.8 Å². The van der Waals surface area contributed by atoms with Crippen LogP contribution in [-0.2, 0) is 20.7 Å². The molecule has 4 aromatic carbocycles. The minimum atomic E-state index is -0.699. The van der Waals surface area contributed by atoms with Crippen molar-refractivity contribution < 1.29 is 38.1 Å². The summed E-state index contributed by atoms with van der Waals surface area (Å²) < 4.78 is 21.4. The van der Waals surface area contributed by atoms with Crippen molar-refractivity contribution in [3.8, 4) is 17.2 Å². The summed E-state index contributed by atoms with van der Waals surface area (Å²) in [6.07, 6.45) is -0.244. The minimum absolute atomic E-state index is 0.0498. The van der Waals surface area contributed by atoms with Gasteiger partial charge in [-0.05, 0) is 18.2 Å². The predicted octanol–water partition coefficient (Wildman–Crippen LogP) is 4.86. The van der Waals surface area contributed by atoms with Gasteiger partial charge in [0.15, 0.2) is 29.7 Å². The van der Waals surface area contributed by atoms with E-state index in [2.05, 4.69) is 4.74 Å². The van der Waals surface area contributed by atoms with Gasteiger partial charge in [0.25, 0.3) is 0 Å². The number of hydrogen-bond acceptors (Lipinski definition) is 8. The van der Waals surface area contributed by atoms with E-state index in [1.54, 1.807) is 78.9 Å². The number of ketones is 2. The number of methoxy groups -OCH3 is 2. The number of esters is 2. The SMILES string of the molecule is COC(=O)COc1c(OC(=O)Cc2cccc(C(=O)c3ccccc3)c2OC)cccc1C(=O)c1ccccc1. The fourth-order valence-corrected chi connectivity index (χ4v) is 4.06. The molecule has 0 saturated heterocycles. The van der Waals surface area contributed by atoms with Crippen molar-refractivity contribution in [1.29, 1.82) is 0 Å². The Bertz CT molecular complexity index is 1530. The highest BCUT2D eigenvalue weighted by molar-refractivity contribution is 6.12. The molecule has 0 aliphatic rings. The second-order valence-corrected chi connectivity index (χ2v) is 8.54. The molecule has 0 bridgehead atoms. The van der Waals surface area contributed by atoms with Crippen LogP contribution in [0.3, 0.4) is 0 Å². The molecule has 0 saturated carbocycles. The Kier molecular flexibility index (Phi) is 9.04. The number of ether oxygens (including phenoxy) is 4. The molecule has 4 rings (SSSR count). The lowest BCUT2D eigenvalue weighted by atomic mass is 9.98. The predicted molar refractivity (Wildman–Crippen MR) is 146 cm³/mol. The van der Waals surface area contributed by atoms with Gasteiger partial charge in [-0.15, -0.1) is 0 Å². The number of hydrogen-bond donors (Lipinski definition) is 0. The van der Waals surface area contributed by atoms with Crippen LogP contribution in [0.4, 0.5) is 0 Å². The Morgan fingerprint density at radius 3 is 1.70 bits per heavy atom. The number of carbonyl (C=O) groups excluding carboxylic acids is 4. The van der Waals surface area contributed by atoms with Crippen LogP contribution in [0, 0.1) is 0 Å². The minimum Gasteiger partial charge on any atom is -0.496 e. The Hall–Kier alpha value is -5.24. The topological polar surface area (TPSA) is 105 Å². The number of para-hydroxylation sites is 2. The number of carbonyl (C=O) groups is 4. The largest absolute Gasteiger partial charge is 0.496 e. The molecule has 8 heteroatoms. The Morgan fingerprint density at radius 2 is 1.15 bits per heavy atom. The smallest absolute Gasteiger partial charge is 0.343 e. The molecule has 0 aliphatic heterocycles. The first-order valence-corrected chi connectivity index (χ1v) is 12.3. The van der Waals surface area contributed by atoms with Gasteiger partial charge in [-0.1, -0.05) is 78.9 Å². The zero-order chi connectivity index (χ0) is 28.5. The van der Waals surface area contributed by atoms with E-state index in [4.69, 9.17) is 14.2 Å². The van der Waals surface area contributed by atoms with Crippen molar-refractivity contribution in [2.45, 2.75) is 6.42 Å². The van der Waals surface area contributed by atoms with Gasteiger partial charge in [-0.3, -0.25) is 14.4 Å². The second kappa shape index (κ2) is 13.0. The van der Waals surface area contributed by atoms with Crippen molar-refractivity contribution >= 4 is 23.5 Å². The molecule has 0 unspecified atom stereocenters. The Labute approximate surface area is 231 Å². The Balaban J connectivity index is 1.62. The van der Waals surface area contributed by atoms with E-state index in [0.29, 0.717) is 22.3 Å². The zero-order valence-corrected chi connectivity index (χ0v) is 21.9. The third-order valence-electron chi connectivity index (χ3n) is 5.96. The van der Waals surface area contributed by atoms with Crippen LogP contribution < -0.4 is 14.2 Å². The second-order valence-electron chi connectivity index (χ2n) is 8.54. The molecule has 0 aromatic heterocycles. The molecule has 0 heterocycles. The Morgan fingerprint density at radius 1 is 0.600 bits per heavy atom. The molecule has 0 amide bonds. The molecular weight excluding hydrogens is 512 g/mol. The maximum Gasteiger partial charge on any atom is 0.343 e. The molecule has 0 atom stereocenters. The van der Waals surface area contributed by atoms with Gasteiger partial charge in [0.1, 0.15) is 5.75 Å². The molecule has 0 N–H and O–H groups in total. The summed E-state index contributed by atoms with van der Waals surface area (Å²) >= 11 is 0. The molecular formula is C32H26O8. The first-order valence-electron chi connectivity index (χ1n) is 12.3. The van der Waals surface area contributed by atoms with Crippen molar-refractivity contribution in [2.75, 3.05) is 20.8 Å². The molecule has 4 aromatic rings. The number of rotatable bonds is 11. The van der Waals surface area contributed by atoms with Gasteiger partial charge in [0.05, 0.1) is 31.8 Å². The average molecular weight is 539 g/mol. The monoisotopic (exact) mass is 538 g/mol. The zero-order valence-electron chi connectivity index (χ0n) is 21.9. The molecule has 0 spiro atoms. The van der Waals surface area contributed by atoms with Crippen LogP contribution in [0.25, 0.3) is 0 Å². The van der Waals surface area contributed by atoms with Crippen molar-refractivity contribution in [1.82, 2.24) is 0 Å². The third-order valence-corrected chi connectivity index (χ3v) is 5.96. The van der Waals surface area contributed by atoms with Gasteiger partial charge < -0.3 is 18.9 Å². The molecule has 0 radical (unpaired) electrons. The summed E-state index contributed by atoms with van der Waals surface area (Å²) in [7, 11) is 2.63. The van der Waals surface area contributed by atoms with E-state index in [1.165, 1.54) is 26.4 Å². The van der Waals surface area contributed by atoms with Gasteiger partial charge >= 0.3 is 11.9 Å². The maximum atomic E-state index is 13.2. The van der Waals surface area contributed by atoms with E-state index >= 15 is 0 Å². The summed E-state index contributed by atoms with van der Waals surface area (Å²) in [5.41, 5.74) is 1.71. The van der Waals surface area contributed by atoms with Crippen molar-refractivity contribution in [2.24, 2.45) is 0 Å². The van der Waals surface area contributed by atoms with E-state index in [9.17, 15) is 19.2 Å². The molecule has 0 aliphatic carbocycles. The maximum absolute atomic E-state index is 13.2. The first-order chi connectivity index (χ1) is 19.4. The molecule has 40 heavy (non-hydrogen) atoms. The van der Waals surface area contributed by atoms with Crippen molar-refractivity contribution in [3.05, 3.63) is 125 Å². The van der Waals surface area contributed by atoms with Crippen molar-refractivity contribution in [3.63, 3.8) is 0 Å². The molecule has 8 nitrogen and oxygen atoms in total. The fourth-order valence-electron chi connectivity index (χ4n) is 4.06. The summed E-state index contributed by atoms with van der Waals surface area (Å²) in [5.74, 6) is -1.88. The van der Waals surface area contributed by atoms with E-state index in [1.807, 2.05) is 6.07 Å². The van der Waals surface area contributed by atoms with E-state index in [0.717, 1.165) is 0 Å². The van der Waals surface area contributed by atoms with Crippen LogP contribution in [0.5, 0.6) is 17.2 Å². The van der Waals surface area contributed by atoms with Gasteiger partial charge in [-0.2, -0.15) is 0 Å². The fraction of sp³-hybridized carbons (Fsp3) is 0.125. The number of benzene rings is 4. The summed E-state index contributed by atoms with van der Waals surface area (Å²) in [4.78, 5) is 51.2. The summed E-state index contributed by atoms with van der Waals surface area (Å²) in [6, 6.07) is 26.7. The van der Waals surface area contributed by atoms with Crippen LogP contribution in [0.2, 0.25) is 0 Å². The van der Waals surface area contributed by atoms with Gasteiger partial charge in [0.2, 0.25) is 0 Å². The summed E-state index contributed by atoms with van der Waals surface area (Å²) in [5, 5.41) is 0. The van der Waals surface area contributed by atoms with E-state index < -0.39 is 18.5 Å². The lowest BCUT2D eigenvalue weighted by Crippen LogP contribution is -2.18. The highest BCUT2D eigenvalue weighted by Gasteiger charge is 2.23. The van der Waals surface area contributed by atoms with Gasteiger partial charge in [-0.25, -0.2) is 4.79 Å². The van der Waals surface area contributed by atoms with Crippen LogP contribution in [-0.4, -0.2) is 44.3 Å². The average Bonchev–Trinajstić information content (AvgIpc) is 3.00. The third kappa shape index (κ3) is 6.42. The lowest BCUT2D eigenvalue weighted by Gasteiger charge is -2.16. The summed E-state index contributed by atoms with van der Waals surface area (Å²) in [6.45, 7) is -0.502. The lowest BCUT2D eigenvalue weighted by molar-refractivity contribution is -0.142. The van der Waals surface area contributed by atoms with Crippen LogP contribution >= 0.6 is 0 Å². The molecule has 202 valence electrons. The highest BCUT2D eigenvalue weighted by Crippen LogP contribution is 2.34. The molecule has 0 fully saturated rings. The highest BCUT2D eigenvalue weighted by atomic mass is 16.6.